The minimum atomic E-state index is 0.382. The summed E-state index contributed by atoms with van der Waals surface area (Å²) in [6.07, 6.45) is 0.382. The Morgan fingerprint density at radius 1 is 1.67 bits per heavy atom. The minimum absolute atomic E-state index is 0.382. The monoisotopic (exact) mass is 139 g/mol. The zero-order valence-corrected chi connectivity index (χ0v) is 5.46. The van der Waals surface area contributed by atoms with Gasteiger partial charge >= 0.3 is 0 Å². The van der Waals surface area contributed by atoms with Crippen LogP contribution in [-0.4, -0.2) is 10.2 Å². The van der Waals surface area contributed by atoms with Crippen molar-refractivity contribution >= 4 is 12.2 Å². The van der Waals surface area contributed by atoms with Gasteiger partial charge in [-0.15, -0.1) is 0 Å². The first-order valence-corrected chi connectivity index (χ1v) is 2.87. The van der Waals surface area contributed by atoms with Crippen LogP contribution >= 0.6 is 12.2 Å². The van der Waals surface area contributed by atoms with Gasteiger partial charge < -0.3 is 5.10 Å². The molecule has 0 spiro atoms. The van der Waals surface area contributed by atoms with Crippen LogP contribution in [0.25, 0.3) is 0 Å². The van der Waals surface area contributed by atoms with Crippen molar-refractivity contribution in [1.82, 2.24) is 10.2 Å². The maximum atomic E-state index is 8.21. The maximum absolute atomic E-state index is 8.21. The molecular formula is C5H5N3S. The first kappa shape index (κ1) is 6.05. The molecule has 0 unspecified atom stereocenters. The van der Waals surface area contributed by atoms with E-state index < -0.39 is 0 Å². The van der Waals surface area contributed by atoms with Crippen LogP contribution in [-0.2, 0) is 6.42 Å². The molecule has 0 radical (unpaired) electrons. The lowest BCUT2D eigenvalue weighted by atomic mass is 10.3. The highest BCUT2D eigenvalue weighted by atomic mass is 32.1. The molecule has 3 nitrogen and oxygen atoms in total. The number of nitrogens with zero attached hydrogens (tertiary/aromatic N) is 1. The fourth-order valence-corrected chi connectivity index (χ4v) is 0.746. The molecule has 0 saturated heterocycles. The van der Waals surface area contributed by atoms with E-state index in [1.807, 2.05) is 6.07 Å². The van der Waals surface area contributed by atoms with E-state index in [2.05, 4.69) is 10.2 Å². The molecule has 0 aliphatic carbocycles. The van der Waals surface area contributed by atoms with Crippen molar-refractivity contribution in [3.8, 4) is 6.07 Å². The van der Waals surface area contributed by atoms with Gasteiger partial charge in [-0.05, 0) is 6.07 Å². The first-order chi connectivity index (χ1) is 4.33. The minimum Gasteiger partial charge on any atom is -0.303 e. The summed E-state index contributed by atoms with van der Waals surface area (Å²) in [4.78, 5) is 0. The lowest BCUT2D eigenvalue weighted by Crippen LogP contribution is -1.78. The van der Waals surface area contributed by atoms with E-state index in [1.54, 1.807) is 6.07 Å². The Morgan fingerprint density at radius 2 is 2.44 bits per heavy atom. The number of aromatic nitrogens is 2. The zero-order valence-electron chi connectivity index (χ0n) is 4.64. The topological polar surface area (TPSA) is 55.4 Å². The molecule has 0 aliphatic heterocycles. The third-order valence-corrected chi connectivity index (χ3v) is 1.14. The number of rotatable bonds is 1. The Morgan fingerprint density at radius 3 is 2.89 bits per heavy atom. The van der Waals surface area contributed by atoms with Crippen LogP contribution in [0.2, 0.25) is 0 Å². The van der Waals surface area contributed by atoms with Crippen LogP contribution in [0.5, 0.6) is 0 Å². The first-order valence-electron chi connectivity index (χ1n) is 2.46. The predicted molar refractivity (Wildman–Crippen MR) is 35.3 cm³/mol. The van der Waals surface area contributed by atoms with Crippen molar-refractivity contribution in [3.05, 3.63) is 16.4 Å². The van der Waals surface area contributed by atoms with Crippen LogP contribution < -0.4 is 0 Å². The average Bonchev–Trinajstić information content (AvgIpc) is 2.17. The molecule has 1 heterocycles. The van der Waals surface area contributed by atoms with Gasteiger partial charge in [-0.3, -0.25) is 5.10 Å². The van der Waals surface area contributed by atoms with Crippen LogP contribution in [0.1, 0.15) is 5.69 Å². The van der Waals surface area contributed by atoms with E-state index >= 15 is 0 Å². The maximum Gasteiger partial charge on any atom is 0.119 e. The van der Waals surface area contributed by atoms with Gasteiger partial charge in [0.2, 0.25) is 0 Å². The van der Waals surface area contributed by atoms with E-state index in [1.165, 1.54) is 0 Å². The van der Waals surface area contributed by atoms with Gasteiger partial charge in [-0.25, -0.2) is 0 Å². The van der Waals surface area contributed by atoms with Crippen molar-refractivity contribution in [2.75, 3.05) is 0 Å². The van der Waals surface area contributed by atoms with Crippen LogP contribution in [0.4, 0.5) is 0 Å². The molecule has 46 valence electrons. The summed E-state index contributed by atoms with van der Waals surface area (Å²) in [5.74, 6) is 0. The molecule has 0 aliphatic rings. The molecule has 0 atom stereocenters. The molecule has 0 saturated carbocycles. The summed E-state index contributed by atoms with van der Waals surface area (Å²) < 4.78 is 0.639. The lowest BCUT2D eigenvalue weighted by Gasteiger charge is -1.78. The molecule has 1 rings (SSSR count). The number of nitriles is 1. The quantitative estimate of drug-likeness (QED) is 0.573. The van der Waals surface area contributed by atoms with Gasteiger partial charge in [-0.2, -0.15) is 5.26 Å². The largest absolute Gasteiger partial charge is 0.303 e. The molecule has 0 bridgehead atoms. The second-order valence-corrected chi connectivity index (χ2v) is 2.06. The van der Waals surface area contributed by atoms with E-state index in [-0.39, 0.29) is 0 Å². The normalized spacial score (nSPS) is 8.78. The molecule has 4 heteroatoms. The fraction of sp³-hybridized carbons (Fsp3) is 0.200. The van der Waals surface area contributed by atoms with Gasteiger partial charge in [0.25, 0.3) is 0 Å². The SMILES string of the molecule is N#CCc1cc(=S)[nH][nH]1. The molecule has 1 aromatic rings. The zero-order chi connectivity index (χ0) is 6.69. The van der Waals surface area contributed by atoms with E-state index in [0.29, 0.717) is 11.1 Å². The van der Waals surface area contributed by atoms with Crippen LogP contribution in [0.3, 0.4) is 0 Å². The second-order valence-electron chi connectivity index (χ2n) is 1.62. The highest BCUT2D eigenvalue weighted by molar-refractivity contribution is 7.71. The van der Waals surface area contributed by atoms with Crippen molar-refractivity contribution in [2.24, 2.45) is 0 Å². The standard InChI is InChI=1S/C5H5N3S/c6-2-1-4-3-5(9)8-7-4/h3H,1H2,(H2,7,8,9). The Balaban J connectivity index is 2.88. The number of H-pyrrole nitrogens is 2. The third kappa shape index (κ3) is 1.40. The highest BCUT2D eigenvalue weighted by Crippen LogP contribution is 1.92. The van der Waals surface area contributed by atoms with Crippen LogP contribution in [0, 0.1) is 16.0 Å². The summed E-state index contributed by atoms with van der Waals surface area (Å²) in [7, 11) is 0. The Labute approximate surface area is 57.3 Å². The summed E-state index contributed by atoms with van der Waals surface area (Å²) >= 11 is 4.75. The summed E-state index contributed by atoms with van der Waals surface area (Å²) in [5.41, 5.74) is 0.836. The average molecular weight is 139 g/mol. The van der Waals surface area contributed by atoms with E-state index in [9.17, 15) is 0 Å². The van der Waals surface area contributed by atoms with Gasteiger partial charge in [0.05, 0.1) is 12.5 Å². The summed E-state index contributed by atoms with van der Waals surface area (Å²) in [6, 6.07) is 3.73. The van der Waals surface area contributed by atoms with Gasteiger partial charge in [0.1, 0.15) is 4.64 Å². The van der Waals surface area contributed by atoms with Gasteiger partial charge in [-0.1, -0.05) is 12.2 Å². The Bertz CT molecular complexity index is 277. The molecule has 0 aromatic carbocycles. The number of aromatic amines is 2. The Hall–Kier alpha value is -1.08. The molecule has 0 fully saturated rings. The number of hydrogen-bond donors (Lipinski definition) is 2. The fourth-order valence-electron chi connectivity index (χ4n) is 0.553. The lowest BCUT2D eigenvalue weighted by molar-refractivity contribution is 1.01. The molecule has 0 amide bonds. The Kier molecular flexibility index (Phi) is 1.66. The van der Waals surface area contributed by atoms with E-state index in [0.717, 1.165) is 5.69 Å². The highest BCUT2D eigenvalue weighted by Gasteiger charge is 1.89. The third-order valence-electron chi connectivity index (χ3n) is 0.921. The van der Waals surface area contributed by atoms with Gasteiger partial charge in [0, 0.05) is 5.69 Å². The second kappa shape index (κ2) is 2.46. The van der Waals surface area contributed by atoms with Gasteiger partial charge in [0.15, 0.2) is 0 Å². The predicted octanol–water partition coefficient (Wildman–Crippen LogP) is 1.14. The molecular weight excluding hydrogens is 134 g/mol. The molecule has 2 N–H and O–H groups in total. The van der Waals surface area contributed by atoms with Crippen LogP contribution in [0.15, 0.2) is 6.07 Å². The van der Waals surface area contributed by atoms with Crippen molar-refractivity contribution < 1.29 is 0 Å². The van der Waals surface area contributed by atoms with E-state index in [4.69, 9.17) is 17.5 Å². The molecule has 1 aromatic heterocycles. The van der Waals surface area contributed by atoms with Crippen molar-refractivity contribution in [1.29, 1.82) is 5.26 Å². The number of nitrogens with one attached hydrogen (secondary N) is 2. The summed E-state index contributed by atoms with van der Waals surface area (Å²) in [5, 5.41) is 13.7. The smallest absolute Gasteiger partial charge is 0.119 e. The van der Waals surface area contributed by atoms with Crippen molar-refractivity contribution in [3.63, 3.8) is 0 Å². The van der Waals surface area contributed by atoms with Crippen molar-refractivity contribution in [2.45, 2.75) is 6.42 Å². The molecule has 9 heavy (non-hydrogen) atoms. The number of hydrogen-bond acceptors (Lipinski definition) is 2. The summed E-state index contributed by atoms with van der Waals surface area (Å²) in [6.45, 7) is 0.